The highest BCUT2D eigenvalue weighted by Gasteiger charge is 2.23. The molecule has 2 aliphatic rings. The Morgan fingerprint density at radius 3 is 2.57 bits per heavy atom. The number of ether oxygens (including phenoxy) is 1. The van der Waals surface area contributed by atoms with Gasteiger partial charge in [-0.3, -0.25) is 0 Å². The molecule has 0 bridgehead atoms. The molecule has 0 unspecified atom stereocenters. The van der Waals surface area contributed by atoms with Crippen LogP contribution in [0, 0.1) is 0 Å². The van der Waals surface area contributed by atoms with Gasteiger partial charge in [0.1, 0.15) is 5.75 Å². The summed E-state index contributed by atoms with van der Waals surface area (Å²) >= 11 is 6.34. The highest BCUT2D eigenvalue weighted by atomic mass is 35.5. The van der Waals surface area contributed by atoms with E-state index in [0.29, 0.717) is 10.8 Å². The van der Waals surface area contributed by atoms with Crippen LogP contribution in [0.5, 0.6) is 5.75 Å². The van der Waals surface area contributed by atoms with Crippen LogP contribution in [0.25, 0.3) is 0 Å². The summed E-state index contributed by atoms with van der Waals surface area (Å²) in [5.41, 5.74) is 6.95. The van der Waals surface area contributed by atoms with Gasteiger partial charge in [0.2, 0.25) is 0 Å². The molecule has 4 nitrogen and oxygen atoms in total. The summed E-state index contributed by atoms with van der Waals surface area (Å²) < 4.78 is 5.96. The van der Waals surface area contributed by atoms with Crippen LogP contribution in [0.4, 0.5) is 0 Å². The van der Waals surface area contributed by atoms with E-state index in [2.05, 4.69) is 4.90 Å². The summed E-state index contributed by atoms with van der Waals surface area (Å²) in [4.78, 5) is 2.31. The Bertz CT molecular complexity index is 514. The van der Waals surface area contributed by atoms with E-state index in [1.54, 1.807) is 6.07 Å². The van der Waals surface area contributed by atoms with Gasteiger partial charge in [0.15, 0.2) is 0 Å². The third kappa shape index (κ3) is 4.38. The van der Waals surface area contributed by atoms with E-state index in [1.165, 1.54) is 25.7 Å². The van der Waals surface area contributed by atoms with Crippen LogP contribution in [0.3, 0.4) is 0 Å². The summed E-state index contributed by atoms with van der Waals surface area (Å²) in [7, 11) is 0. The highest BCUT2D eigenvalue weighted by Crippen LogP contribution is 2.32. The molecule has 128 valence electrons. The minimum atomic E-state index is -0.700. The van der Waals surface area contributed by atoms with Crippen molar-refractivity contribution >= 4 is 11.6 Å². The van der Waals surface area contributed by atoms with Gasteiger partial charge in [-0.05, 0) is 69.3 Å². The van der Waals surface area contributed by atoms with Gasteiger partial charge in [0, 0.05) is 12.6 Å². The Morgan fingerprint density at radius 2 is 1.91 bits per heavy atom. The molecular weight excluding hydrogens is 312 g/mol. The number of halogens is 1. The fourth-order valence-electron chi connectivity index (χ4n) is 3.59. The maximum atomic E-state index is 10.5. The van der Waals surface area contributed by atoms with Gasteiger partial charge in [0.25, 0.3) is 0 Å². The number of likely N-dealkylation sites (tertiary alicyclic amines) is 1. The molecule has 0 spiro atoms. The Kier molecular flexibility index (Phi) is 5.81. The molecule has 0 radical (unpaired) electrons. The van der Waals surface area contributed by atoms with E-state index in [4.69, 9.17) is 22.1 Å². The molecular formula is C18H27ClN2O2. The third-order valence-corrected chi connectivity index (χ3v) is 5.26. The zero-order valence-electron chi connectivity index (χ0n) is 13.6. The van der Waals surface area contributed by atoms with Crippen molar-refractivity contribution in [3.05, 3.63) is 28.8 Å². The van der Waals surface area contributed by atoms with Crippen LogP contribution < -0.4 is 10.5 Å². The normalized spacial score (nSPS) is 22.4. The molecule has 1 aromatic rings. The van der Waals surface area contributed by atoms with Crippen molar-refractivity contribution in [2.75, 3.05) is 19.6 Å². The van der Waals surface area contributed by atoms with Crippen LogP contribution in [-0.4, -0.2) is 41.8 Å². The lowest BCUT2D eigenvalue weighted by Crippen LogP contribution is -2.40. The van der Waals surface area contributed by atoms with Crippen molar-refractivity contribution in [2.24, 2.45) is 5.73 Å². The SMILES string of the molecule is N[C@H](CN1CCCC1)[C@H](O)c1ccc(OC2CCCC2)c(Cl)c1. The number of hydrogen-bond acceptors (Lipinski definition) is 4. The first-order chi connectivity index (χ1) is 11.1. The Balaban J connectivity index is 1.61. The lowest BCUT2D eigenvalue weighted by Gasteiger charge is -2.25. The molecule has 1 aliphatic heterocycles. The second kappa shape index (κ2) is 7.84. The van der Waals surface area contributed by atoms with Gasteiger partial charge in [0.05, 0.1) is 17.2 Å². The summed E-state index contributed by atoms with van der Waals surface area (Å²) in [5, 5.41) is 11.1. The summed E-state index contributed by atoms with van der Waals surface area (Å²) in [6, 6.07) is 5.23. The summed E-state index contributed by atoms with van der Waals surface area (Å²) in [6.45, 7) is 2.88. The fraction of sp³-hybridized carbons (Fsp3) is 0.667. The van der Waals surface area contributed by atoms with Gasteiger partial charge in [-0.1, -0.05) is 17.7 Å². The molecule has 3 N–H and O–H groups in total. The first-order valence-corrected chi connectivity index (χ1v) is 9.13. The number of hydrogen-bond donors (Lipinski definition) is 2. The Hall–Kier alpha value is -0.810. The van der Waals surface area contributed by atoms with Gasteiger partial charge in [-0.15, -0.1) is 0 Å². The van der Waals surface area contributed by atoms with Gasteiger partial charge >= 0.3 is 0 Å². The van der Waals surface area contributed by atoms with Crippen molar-refractivity contribution in [3.8, 4) is 5.75 Å². The molecule has 1 saturated heterocycles. The predicted octanol–water partition coefficient (Wildman–Crippen LogP) is 3.12. The molecule has 5 heteroatoms. The van der Waals surface area contributed by atoms with Crippen molar-refractivity contribution in [2.45, 2.75) is 56.8 Å². The number of rotatable bonds is 6. The van der Waals surface area contributed by atoms with Crippen molar-refractivity contribution in [1.82, 2.24) is 4.90 Å². The topological polar surface area (TPSA) is 58.7 Å². The predicted molar refractivity (Wildman–Crippen MR) is 92.9 cm³/mol. The number of nitrogens with two attached hydrogens (primary N) is 1. The monoisotopic (exact) mass is 338 g/mol. The third-order valence-electron chi connectivity index (χ3n) is 4.97. The van der Waals surface area contributed by atoms with Gasteiger partial charge in [-0.25, -0.2) is 0 Å². The number of nitrogens with zero attached hydrogens (tertiary/aromatic N) is 1. The molecule has 1 heterocycles. The Labute approximate surface area is 143 Å². The van der Waals surface area contributed by atoms with Crippen molar-refractivity contribution in [3.63, 3.8) is 0 Å². The fourth-order valence-corrected chi connectivity index (χ4v) is 3.83. The van der Waals surface area contributed by atoms with Crippen LogP contribution in [0.2, 0.25) is 5.02 Å². The largest absolute Gasteiger partial charge is 0.489 e. The van der Waals surface area contributed by atoms with E-state index >= 15 is 0 Å². The first-order valence-electron chi connectivity index (χ1n) is 8.75. The molecule has 23 heavy (non-hydrogen) atoms. The minimum Gasteiger partial charge on any atom is -0.489 e. The average Bonchev–Trinajstić information content (AvgIpc) is 3.22. The quantitative estimate of drug-likeness (QED) is 0.836. The maximum Gasteiger partial charge on any atom is 0.138 e. The van der Waals surface area contributed by atoms with E-state index < -0.39 is 6.10 Å². The second-order valence-corrected chi connectivity index (χ2v) is 7.24. The number of aliphatic hydroxyl groups excluding tert-OH is 1. The zero-order chi connectivity index (χ0) is 16.2. The summed E-state index contributed by atoms with van der Waals surface area (Å²) in [5.74, 6) is 0.711. The highest BCUT2D eigenvalue weighted by molar-refractivity contribution is 6.32. The van der Waals surface area contributed by atoms with Crippen molar-refractivity contribution in [1.29, 1.82) is 0 Å². The number of aliphatic hydroxyl groups is 1. The van der Waals surface area contributed by atoms with Crippen LogP contribution >= 0.6 is 11.6 Å². The smallest absolute Gasteiger partial charge is 0.138 e. The standard InChI is InChI=1S/C18H27ClN2O2/c19-15-11-13(7-8-17(15)23-14-5-1-2-6-14)18(22)16(20)12-21-9-3-4-10-21/h7-8,11,14,16,18,22H,1-6,9-10,12,20H2/t16-,18-/m1/s1. The van der Waals surface area contributed by atoms with Gasteiger partial charge in [-0.2, -0.15) is 0 Å². The van der Waals surface area contributed by atoms with E-state index in [-0.39, 0.29) is 12.1 Å². The lowest BCUT2D eigenvalue weighted by molar-refractivity contribution is 0.125. The van der Waals surface area contributed by atoms with Crippen LogP contribution in [0.1, 0.15) is 50.2 Å². The second-order valence-electron chi connectivity index (χ2n) is 6.83. The first kappa shape index (κ1) is 17.0. The molecule has 0 aromatic heterocycles. The Morgan fingerprint density at radius 1 is 1.22 bits per heavy atom. The average molecular weight is 339 g/mol. The van der Waals surface area contributed by atoms with E-state index in [0.717, 1.165) is 38.0 Å². The van der Waals surface area contributed by atoms with E-state index in [9.17, 15) is 5.11 Å². The maximum absolute atomic E-state index is 10.5. The molecule has 1 aromatic carbocycles. The molecule has 2 fully saturated rings. The molecule has 3 rings (SSSR count). The van der Waals surface area contributed by atoms with E-state index in [1.807, 2.05) is 12.1 Å². The summed E-state index contributed by atoms with van der Waals surface area (Å²) in [6.07, 6.45) is 6.68. The minimum absolute atomic E-state index is 0.278. The van der Waals surface area contributed by atoms with Crippen LogP contribution in [0.15, 0.2) is 18.2 Å². The molecule has 1 aliphatic carbocycles. The van der Waals surface area contributed by atoms with Gasteiger partial charge < -0.3 is 20.5 Å². The zero-order valence-corrected chi connectivity index (χ0v) is 14.3. The lowest BCUT2D eigenvalue weighted by atomic mass is 10.0. The molecule has 2 atom stereocenters. The number of benzene rings is 1. The van der Waals surface area contributed by atoms with Crippen LogP contribution in [-0.2, 0) is 0 Å². The van der Waals surface area contributed by atoms with Crippen molar-refractivity contribution < 1.29 is 9.84 Å². The molecule has 0 amide bonds. The molecule has 1 saturated carbocycles.